The molecule has 0 fully saturated rings. The zero-order chi connectivity index (χ0) is 13.3. The molecule has 1 atom stereocenters. The molecule has 3 heteroatoms. The van der Waals surface area contributed by atoms with Gasteiger partial charge < -0.3 is 9.84 Å². The number of hydrogen-bond acceptors (Lipinski definition) is 3. The van der Waals surface area contributed by atoms with Crippen LogP contribution in [0.1, 0.15) is 32.5 Å². The van der Waals surface area contributed by atoms with Gasteiger partial charge in [-0.15, -0.1) is 11.3 Å². The second kappa shape index (κ2) is 5.12. The SMILES string of the molecule is COc1ccc(C)cc1C(O)c1cc(C)c(C)s1. The van der Waals surface area contributed by atoms with Crippen molar-refractivity contribution in [3.63, 3.8) is 0 Å². The van der Waals surface area contributed by atoms with E-state index in [0.29, 0.717) is 0 Å². The predicted octanol–water partition coefficient (Wildman–Crippen LogP) is 3.76. The Kier molecular flexibility index (Phi) is 3.73. The van der Waals surface area contributed by atoms with Crippen molar-refractivity contribution in [2.24, 2.45) is 0 Å². The summed E-state index contributed by atoms with van der Waals surface area (Å²) in [5.41, 5.74) is 3.18. The van der Waals surface area contributed by atoms with Crippen LogP contribution < -0.4 is 4.74 Å². The third kappa shape index (κ3) is 2.42. The van der Waals surface area contributed by atoms with Crippen LogP contribution in [-0.4, -0.2) is 12.2 Å². The summed E-state index contributed by atoms with van der Waals surface area (Å²) >= 11 is 1.64. The minimum Gasteiger partial charge on any atom is -0.496 e. The smallest absolute Gasteiger partial charge is 0.125 e. The van der Waals surface area contributed by atoms with Crippen LogP contribution in [0.15, 0.2) is 24.3 Å². The summed E-state index contributed by atoms with van der Waals surface area (Å²) in [6.45, 7) is 6.15. The van der Waals surface area contributed by atoms with Gasteiger partial charge in [0.25, 0.3) is 0 Å². The van der Waals surface area contributed by atoms with E-state index in [-0.39, 0.29) is 0 Å². The molecule has 0 saturated carbocycles. The number of thiophene rings is 1. The van der Waals surface area contributed by atoms with Gasteiger partial charge in [-0.1, -0.05) is 11.6 Å². The zero-order valence-electron chi connectivity index (χ0n) is 11.2. The second-order valence-electron chi connectivity index (χ2n) is 4.54. The lowest BCUT2D eigenvalue weighted by molar-refractivity contribution is 0.218. The van der Waals surface area contributed by atoms with Crippen LogP contribution in [0.2, 0.25) is 0 Å². The minimum absolute atomic E-state index is 0.614. The monoisotopic (exact) mass is 262 g/mol. The van der Waals surface area contributed by atoms with Gasteiger partial charge in [0.05, 0.1) is 7.11 Å². The maximum atomic E-state index is 10.5. The van der Waals surface area contributed by atoms with Gasteiger partial charge in [-0.25, -0.2) is 0 Å². The molecule has 0 amide bonds. The van der Waals surface area contributed by atoms with Gasteiger partial charge in [-0.05, 0) is 44.5 Å². The van der Waals surface area contributed by atoms with E-state index >= 15 is 0 Å². The van der Waals surface area contributed by atoms with Gasteiger partial charge >= 0.3 is 0 Å². The topological polar surface area (TPSA) is 29.5 Å². The largest absolute Gasteiger partial charge is 0.496 e. The lowest BCUT2D eigenvalue weighted by Gasteiger charge is -2.14. The van der Waals surface area contributed by atoms with Crippen LogP contribution in [-0.2, 0) is 0 Å². The lowest BCUT2D eigenvalue weighted by atomic mass is 10.0. The Morgan fingerprint density at radius 3 is 2.44 bits per heavy atom. The molecule has 0 spiro atoms. The Morgan fingerprint density at radius 2 is 1.89 bits per heavy atom. The van der Waals surface area contributed by atoms with E-state index in [1.165, 1.54) is 10.4 Å². The quantitative estimate of drug-likeness (QED) is 0.912. The maximum Gasteiger partial charge on any atom is 0.125 e. The van der Waals surface area contributed by atoms with Crippen LogP contribution in [0.4, 0.5) is 0 Å². The highest BCUT2D eigenvalue weighted by molar-refractivity contribution is 7.12. The Bertz CT molecular complexity index is 538. The molecule has 18 heavy (non-hydrogen) atoms. The molecule has 0 saturated heterocycles. The molecule has 0 aliphatic heterocycles. The Morgan fingerprint density at radius 1 is 1.17 bits per heavy atom. The molecule has 2 rings (SSSR count). The van der Waals surface area contributed by atoms with E-state index in [1.54, 1.807) is 18.4 Å². The van der Waals surface area contributed by atoms with Crippen LogP contribution in [0, 0.1) is 20.8 Å². The first-order chi connectivity index (χ1) is 8.52. The van der Waals surface area contributed by atoms with Crippen molar-refractivity contribution >= 4 is 11.3 Å². The number of hydrogen-bond donors (Lipinski definition) is 1. The number of benzene rings is 1. The average molecular weight is 262 g/mol. The fraction of sp³-hybridized carbons (Fsp3) is 0.333. The van der Waals surface area contributed by atoms with Crippen molar-refractivity contribution in [2.45, 2.75) is 26.9 Å². The first-order valence-electron chi connectivity index (χ1n) is 5.92. The standard InChI is InChI=1S/C15H18O2S/c1-9-5-6-13(17-4)12(7-9)15(16)14-8-10(2)11(3)18-14/h5-8,15-16H,1-4H3. The highest BCUT2D eigenvalue weighted by Crippen LogP contribution is 2.35. The van der Waals surface area contributed by atoms with Crippen molar-refractivity contribution in [1.29, 1.82) is 0 Å². The van der Waals surface area contributed by atoms with Crippen molar-refractivity contribution < 1.29 is 9.84 Å². The van der Waals surface area contributed by atoms with Gasteiger partial charge in [0.15, 0.2) is 0 Å². The minimum atomic E-state index is -0.614. The lowest BCUT2D eigenvalue weighted by Crippen LogP contribution is -2.01. The van der Waals surface area contributed by atoms with E-state index in [9.17, 15) is 5.11 Å². The summed E-state index contributed by atoms with van der Waals surface area (Å²) in [5, 5.41) is 10.5. The summed E-state index contributed by atoms with van der Waals surface area (Å²) in [7, 11) is 1.63. The molecule has 1 unspecified atom stereocenters. The van der Waals surface area contributed by atoms with E-state index in [1.807, 2.05) is 31.2 Å². The molecule has 0 aliphatic rings. The van der Waals surface area contributed by atoms with Crippen molar-refractivity contribution in [1.82, 2.24) is 0 Å². The molecule has 0 bridgehead atoms. The van der Waals surface area contributed by atoms with E-state index in [0.717, 1.165) is 21.8 Å². The van der Waals surface area contributed by atoms with Gasteiger partial charge in [-0.2, -0.15) is 0 Å². The van der Waals surface area contributed by atoms with Gasteiger partial charge in [0, 0.05) is 15.3 Å². The van der Waals surface area contributed by atoms with Crippen LogP contribution in [0.3, 0.4) is 0 Å². The van der Waals surface area contributed by atoms with Gasteiger partial charge in [-0.3, -0.25) is 0 Å². The molecule has 0 aliphatic carbocycles. The molecule has 2 nitrogen and oxygen atoms in total. The zero-order valence-corrected chi connectivity index (χ0v) is 12.0. The first-order valence-corrected chi connectivity index (χ1v) is 6.74. The highest BCUT2D eigenvalue weighted by atomic mass is 32.1. The molecule has 1 heterocycles. The number of aliphatic hydroxyl groups is 1. The number of methoxy groups -OCH3 is 1. The molecule has 1 aromatic carbocycles. The van der Waals surface area contributed by atoms with Gasteiger partial charge in [0.1, 0.15) is 11.9 Å². The van der Waals surface area contributed by atoms with Crippen molar-refractivity contribution in [3.05, 3.63) is 50.7 Å². The van der Waals surface area contributed by atoms with Crippen LogP contribution in [0.25, 0.3) is 0 Å². The summed E-state index contributed by atoms with van der Waals surface area (Å²) in [6.07, 6.45) is -0.614. The number of rotatable bonds is 3. The summed E-state index contributed by atoms with van der Waals surface area (Å²) in [5.74, 6) is 0.733. The fourth-order valence-corrected chi connectivity index (χ4v) is 3.00. The number of aliphatic hydroxyl groups excluding tert-OH is 1. The summed E-state index contributed by atoms with van der Waals surface area (Å²) in [6, 6.07) is 7.92. The molecule has 96 valence electrons. The molecular formula is C15H18O2S. The highest BCUT2D eigenvalue weighted by Gasteiger charge is 2.18. The molecule has 1 aromatic heterocycles. The fourth-order valence-electron chi connectivity index (χ4n) is 1.96. The van der Waals surface area contributed by atoms with Crippen molar-refractivity contribution in [3.8, 4) is 5.75 Å². The normalized spacial score (nSPS) is 12.5. The predicted molar refractivity (Wildman–Crippen MR) is 75.6 cm³/mol. The molecular weight excluding hydrogens is 244 g/mol. The first kappa shape index (κ1) is 13.1. The summed E-state index contributed by atoms with van der Waals surface area (Å²) in [4.78, 5) is 2.21. The Labute approximate surface area is 112 Å². The van der Waals surface area contributed by atoms with Crippen LogP contribution in [0.5, 0.6) is 5.75 Å². The Balaban J connectivity index is 2.44. The molecule has 1 N–H and O–H groups in total. The number of aryl methyl sites for hydroxylation is 3. The Hall–Kier alpha value is -1.32. The number of ether oxygens (including phenoxy) is 1. The van der Waals surface area contributed by atoms with E-state index in [2.05, 4.69) is 13.8 Å². The third-order valence-corrected chi connectivity index (χ3v) is 4.34. The third-order valence-electron chi connectivity index (χ3n) is 3.13. The second-order valence-corrected chi connectivity index (χ2v) is 5.82. The van der Waals surface area contributed by atoms with Crippen molar-refractivity contribution in [2.75, 3.05) is 7.11 Å². The summed E-state index contributed by atoms with van der Waals surface area (Å²) < 4.78 is 5.32. The molecule has 0 radical (unpaired) electrons. The maximum absolute atomic E-state index is 10.5. The van der Waals surface area contributed by atoms with E-state index in [4.69, 9.17) is 4.74 Å². The van der Waals surface area contributed by atoms with E-state index < -0.39 is 6.10 Å². The molecule has 2 aromatic rings. The van der Waals surface area contributed by atoms with Crippen LogP contribution >= 0.6 is 11.3 Å². The van der Waals surface area contributed by atoms with Gasteiger partial charge in [0.2, 0.25) is 0 Å². The average Bonchev–Trinajstić information content (AvgIpc) is 2.68.